The van der Waals surface area contributed by atoms with Crippen molar-refractivity contribution in [1.29, 1.82) is 0 Å². The molecule has 9 heteroatoms. The Balaban J connectivity index is 1.28. The second kappa shape index (κ2) is 11.2. The summed E-state index contributed by atoms with van der Waals surface area (Å²) in [6, 6.07) is 6.12. The Labute approximate surface area is 203 Å². The van der Waals surface area contributed by atoms with Gasteiger partial charge in [0.05, 0.1) is 10.9 Å². The molecular formula is C25H38N4O4S. The molecule has 8 nitrogen and oxygen atoms in total. The molecule has 1 unspecified atom stereocenters. The van der Waals surface area contributed by atoms with Gasteiger partial charge < -0.3 is 10.2 Å². The van der Waals surface area contributed by atoms with Crippen LogP contribution in [0.25, 0.3) is 0 Å². The molecule has 2 saturated heterocycles. The lowest BCUT2D eigenvalue weighted by Gasteiger charge is -2.39. The summed E-state index contributed by atoms with van der Waals surface area (Å²) in [5, 5.41) is 2.91. The van der Waals surface area contributed by atoms with E-state index in [1.165, 1.54) is 6.42 Å². The Hall–Kier alpha value is -1.97. The van der Waals surface area contributed by atoms with Crippen LogP contribution in [-0.2, 0) is 19.6 Å². The fourth-order valence-electron chi connectivity index (χ4n) is 5.31. The highest BCUT2D eigenvalue weighted by atomic mass is 32.2. The quantitative estimate of drug-likeness (QED) is 0.662. The minimum absolute atomic E-state index is 0.126. The number of hydrogen-bond acceptors (Lipinski definition) is 5. The van der Waals surface area contributed by atoms with Gasteiger partial charge in [0.15, 0.2) is 0 Å². The van der Waals surface area contributed by atoms with E-state index in [-0.39, 0.29) is 28.7 Å². The van der Waals surface area contributed by atoms with Gasteiger partial charge in [-0.25, -0.2) is 8.42 Å². The van der Waals surface area contributed by atoms with Crippen molar-refractivity contribution in [2.45, 2.75) is 69.2 Å². The van der Waals surface area contributed by atoms with Crippen LogP contribution in [0.1, 0.15) is 58.3 Å². The first-order valence-corrected chi connectivity index (χ1v) is 14.2. The molecule has 4 rings (SSSR count). The van der Waals surface area contributed by atoms with Crippen LogP contribution >= 0.6 is 0 Å². The summed E-state index contributed by atoms with van der Waals surface area (Å²) in [7, 11) is -3.48. The van der Waals surface area contributed by atoms with E-state index in [4.69, 9.17) is 0 Å². The van der Waals surface area contributed by atoms with Crippen molar-refractivity contribution in [1.82, 2.24) is 14.1 Å². The highest BCUT2D eigenvalue weighted by molar-refractivity contribution is 7.89. The molecule has 0 bridgehead atoms. The van der Waals surface area contributed by atoms with E-state index >= 15 is 0 Å². The third-order valence-corrected chi connectivity index (χ3v) is 9.50. The predicted octanol–water partition coefficient (Wildman–Crippen LogP) is 2.91. The standard InChI is InChI=1S/C25H38N4O4S/c1-20(27-16-18-28(19-17-27)25(31)21-8-4-2-5-9-21)24(30)26-22-10-12-23(13-11-22)34(32,33)29-14-6-3-7-15-29/h10-13,20-21H,2-9,14-19H2,1H3,(H,26,30). The highest BCUT2D eigenvalue weighted by Gasteiger charge is 2.31. The number of rotatable bonds is 6. The zero-order valence-electron chi connectivity index (χ0n) is 20.2. The van der Waals surface area contributed by atoms with Gasteiger partial charge in [-0.3, -0.25) is 14.5 Å². The minimum Gasteiger partial charge on any atom is -0.340 e. The first kappa shape index (κ1) is 25.1. The molecule has 0 radical (unpaired) electrons. The zero-order valence-corrected chi connectivity index (χ0v) is 21.1. The predicted molar refractivity (Wildman–Crippen MR) is 132 cm³/mol. The number of anilines is 1. The van der Waals surface area contributed by atoms with Crippen molar-refractivity contribution >= 4 is 27.5 Å². The summed E-state index contributed by atoms with van der Waals surface area (Å²) >= 11 is 0. The van der Waals surface area contributed by atoms with Crippen LogP contribution in [0.2, 0.25) is 0 Å². The number of benzene rings is 1. The minimum atomic E-state index is -3.48. The first-order valence-electron chi connectivity index (χ1n) is 12.8. The maximum atomic E-state index is 12.8. The molecule has 2 heterocycles. The lowest BCUT2D eigenvalue weighted by Crippen LogP contribution is -2.55. The van der Waals surface area contributed by atoms with Gasteiger partial charge in [0.25, 0.3) is 0 Å². The van der Waals surface area contributed by atoms with Gasteiger partial charge in [-0.2, -0.15) is 4.31 Å². The van der Waals surface area contributed by atoms with Crippen molar-refractivity contribution in [2.75, 3.05) is 44.6 Å². The Kier molecular flexibility index (Phi) is 8.26. The van der Waals surface area contributed by atoms with Crippen molar-refractivity contribution in [3.8, 4) is 0 Å². The summed E-state index contributed by atoms with van der Waals surface area (Å²) in [5.74, 6) is 0.345. The lowest BCUT2D eigenvalue weighted by atomic mass is 9.88. The molecule has 34 heavy (non-hydrogen) atoms. The average molecular weight is 491 g/mol. The maximum absolute atomic E-state index is 12.8. The number of piperidine rings is 1. The molecule has 1 N–H and O–H groups in total. The molecule has 1 aromatic carbocycles. The third-order valence-electron chi connectivity index (χ3n) is 7.58. The second-order valence-electron chi connectivity index (χ2n) is 9.85. The first-order chi connectivity index (χ1) is 16.4. The zero-order chi connectivity index (χ0) is 24.1. The number of carbonyl (C=O) groups is 2. The van der Waals surface area contributed by atoms with Gasteiger partial charge in [-0.15, -0.1) is 0 Å². The van der Waals surface area contributed by atoms with Crippen LogP contribution in [-0.4, -0.2) is 79.6 Å². The largest absolute Gasteiger partial charge is 0.340 e. The van der Waals surface area contributed by atoms with Gasteiger partial charge in [-0.05, 0) is 56.9 Å². The van der Waals surface area contributed by atoms with Crippen LogP contribution in [0.4, 0.5) is 5.69 Å². The fourth-order valence-corrected chi connectivity index (χ4v) is 6.83. The molecule has 0 spiro atoms. The topological polar surface area (TPSA) is 90.0 Å². The summed E-state index contributed by atoms with van der Waals surface area (Å²) in [5.41, 5.74) is 0.584. The number of carbonyl (C=O) groups excluding carboxylic acids is 2. The van der Waals surface area contributed by atoms with Gasteiger partial charge in [-0.1, -0.05) is 25.7 Å². The van der Waals surface area contributed by atoms with E-state index in [1.54, 1.807) is 28.6 Å². The normalized spacial score (nSPS) is 22.3. The number of sulfonamides is 1. The summed E-state index contributed by atoms with van der Waals surface area (Å²) in [6.07, 6.45) is 8.42. The second-order valence-corrected chi connectivity index (χ2v) is 11.8. The highest BCUT2D eigenvalue weighted by Crippen LogP contribution is 2.26. The number of piperazine rings is 1. The van der Waals surface area contributed by atoms with E-state index in [1.807, 2.05) is 11.8 Å². The molecule has 1 atom stereocenters. The van der Waals surface area contributed by atoms with Gasteiger partial charge in [0.1, 0.15) is 0 Å². The third kappa shape index (κ3) is 5.80. The van der Waals surface area contributed by atoms with Crippen LogP contribution in [0, 0.1) is 5.92 Å². The van der Waals surface area contributed by atoms with E-state index in [9.17, 15) is 18.0 Å². The fraction of sp³-hybridized carbons (Fsp3) is 0.680. The molecule has 2 aliphatic heterocycles. The van der Waals surface area contributed by atoms with Crippen molar-refractivity contribution in [3.63, 3.8) is 0 Å². The van der Waals surface area contributed by atoms with Crippen LogP contribution < -0.4 is 5.32 Å². The Bertz CT molecular complexity index is 946. The Morgan fingerprint density at radius 1 is 0.853 bits per heavy atom. The molecule has 1 aliphatic carbocycles. The Morgan fingerprint density at radius 3 is 2.06 bits per heavy atom. The van der Waals surface area contributed by atoms with Gasteiger partial charge in [0.2, 0.25) is 21.8 Å². The maximum Gasteiger partial charge on any atom is 0.243 e. The van der Waals surface area contributed by atoms with Crippen molar-refractivity contribution < 1.29 is 18.0 Å². The van der Waals surface area contributed by atoms with Crippen LogP contribution in [0.5, 0.6) is 0 Å². The van der Waals surface area contributed by atoms with Crippen molar-refractivity contribution in [3.05, 3.63) is 24.3 Å². The molecule has 188 valence electrons. The van der Waals surface area contributed by atoms with Gasteiger partial charge >= 0.3 is 0 Å². The average Bonchev–Trinajstić information content (AvgIpc) is 2.89. The van der Waals surface area contributed by atoms with E-state index < -0.39 is 10.0 Å². The lowest BCUT2D eigenvalue weighted by molar-refractivity contribution is -0.139. The van der Waals surface area contributed by atoms with Crippen molar-refractivity contribution in [2.24, 2.45) is 5.92 Å². The number of nitrogens with one attached hydrogen (secondary N) is 1. The molecule has 2 amide bonds. The molecule has 3 fully saturated rings. The smallest absolute Gasteiger partial charge is 0.243 e. The SMILES string of the molecule is CC(C(=O)Nc1ccc(S(=O)(=O)N2CCCCC2)cc1)N1CCN(C(=O)C2CCCCC2)CC1. The summed E-state index contributed by atoms with van der Waals surface area (Å²) in [4.78, 5) is 30.0. The van der Waals surface area contributed by atoms with Crippen LogP contribution in [0.3, 0.4) is 0 Å². The monoisotopic (exact) mass is 490 g/mol. The number of amides is 2. The molecule has 0 aromatic heterocycles. The Morgan fingerprint density at radius 2 is 1.44 bits per heavy atom. The molecular weight excluding hydrogens is 452 g/mol. The van der Waals surface area contributed by atoms with E-state index in [0.29, 0.717) is 45.0 Å². The molecule has 1 aromatic rings. The van der Waals surface area contributed by atoms with E-state index in [2.05, 4.69) is 10.2 Å². The summed E-state index contributed by atoms with van der Waals surface area (Å²) < 4.78 is 27.2. The molecule has 1 saturated carbocycles. The number of hydrogen-bond donors (Lipinski definition) is 1. The van der Waals surface area contributed by atoms with Gasteiger partial charge in [0, 0.05) is 50.9 Å². The van der Waals surface area contributed by atoms with Crippen LogP contribution in [0.15, 0.2) is 29.2 Å². The number of nitrogens with zero attached hydrogens (tertiary/aromatic N) is 3. The molecule has 3 aliphatic rings. The van der Waals surface area contributed by atoms with E-state index in [0.717, 1.165) is 44.9 Å². The summed E-state index contributed by atoms with van der Waals surface area (Å²) in [6.45, 7) is 5.70.